The molecule has 25 heavy (non-hydrogen) atoms. The molecule has 0 atom stereocenters. The first kappa shape index (κ1) is 19.0. The summed E-state index contributed by atoms with van der Waals surface area (Å²) in [6.45, 7) is 6.29. The second-order valence-corrected chi connectivity index (χ2v) is 6.25. The summed E-state index contributed by atoms with van der Waals surface area (Å²) < 4.78 is 11.8. The standard InChI is InChI=1S/C18H21ClN2O4/c1-4-24-16(22)8-6-14-9-13-5-7-15(19)20-18(13)21(14)10-17(23)25-11-12(2)3/h5-9,12H,4,10-11H2,1-3H3/b8-6+. The van der Waals surface area contributed by atoms with Crippen LogP contribution in [0.4, 0.5) is 0 Å². The molecule has 0 saturated carbocycles. The van der Waals surface area contributed by atoms with Crippen LogP contribution in [0, 0.1) is 5.92 Å². The van der Waals surface area contributed by atoms with Crippen molar-refractivity contribution in [3.63, 3.8) is 0 Å². The third-order valence-electron chi connectivity index (χ3n) is 3.28. The van der Waals surface area contributed by atoms with Gasteiger partial charge >= 0.3 is 11.9 Å². The van der Waals surface area contributed by atoms with Crippen molar-refractivity contribution >= 4 is 40.6 Å². The quantitative estimate of drug-likeness (QED) is 0.427. The molecule has 0 saturated heterocycles. The van der Waals surface area contributed by atoms with Gasteiger partial charge in [0, 0.05) is 17.2 Å². The van der Waals surface area contributed by atoms with Gasteiger partial charge in [0.15, 0.2) is 0 Å². The number of hydrogen-bond donors (Lipinski definition) is 0. The van der Waals surface area contributed by atoms with Crippen molar-refractivity contribution in [1.29, 1.82) is 0 Å². The van der Waals surface area contributed by atoms with Crippen LogP contribution in [-0.4, -0.2) is 34.7 Å². The smallest absolute Gasteiger partial charge is 0.330 e. The van der Waals surface area contributed by atoms with Crippen molar-refractivity contribution in [2.45, 2.75) is 27.3 Å². The van der Waals surface area contributed by atoms with Gasteiger partial charge in [-0.3, -0.25) is 4.79 Å². The molecule has 134 valence electrons. The van der Waals surface area contributed by atoms with E-state index < -0.39 is 5.97 Å². The lowest BCUT2D eigenvalue weighted by Crippen LogP contribution is -2.17. The molecule has 2 aromatic heterocycles. The molecule has 0 aliphatic carbocycles. The Kier molecular flexibility index (Phi) is 6.58. The van der Waals surface area contributed by atoms with Crippen molar-refractivity contribution in [2.75, 3.05) is 13.2 Å². The number of fused-ring (bicyclic) bond motifs is 1. The van der Waals surface area contributed by atoms with Crippen molar-refractivity contribution in [2.24, 2.45) is 5.92 Å². The van der Waals surface area contributed by atoms with E-state index >= 15 is 0 Å². The van der Waals surface area contributed by atoms with Gasteiger partial charge in [0.2, 0.25) is 0 Å². The van der Waals surface area contributed by atoms with Crippen LogP contribution in [0.1, 0.15) is 26.5 Å². The molecular formula is C18H21ClN2O4. The monoisotopic (exact) mass is 364 g/mol. The summed E-state index contributed by atoms with van der Waals surface area (Å²) in [6, 6.07) is 5.30. The van der Waals surface area contributed by atoms with E-state index in [0.717, 1.165) is 5.39 Å². The summed E-state index contributed by atoms with van der Waals surface area (Å²) in [6.07, 6.45) is 2.90. The molecule has 7 heteroatoms. The summed E-state index contributed by atoms with van der Waals surface area (Å²) >= 11 is 5.98. The largest absolute Gasteiger partial charge is 0.464 e. The number of rotatable bonds is 7. The number of esters is 2. The predicted molar refractivity (Wildman–Crippen MR) is 96.2 cm³/mol. The maximum atomic E-state index is 12.1. The molecular weight excluding hydrogens is 344 g/mol. The van der Waals surface area contributed by atoms with Crippen LogP contribution in [0.2, 0.25) is 5.15 Å². The summed E-state index contributed by atoms with van der Waals surface area (Å²) in [7, 11) is 0. The van der Waals surface area contributed by atoms with Gasteiger partial charge in [0.25, 0.3) is 0 Å². The van der Waals surface area contributed by atoms with E-state index in [0.29, 0.717) is 29.7 Å². The number of ether oxygens (including phenoxy) is 2. The molecule has 0 aliphatic rings. The predicted octanol–water partition coefficient (Wildman–Crippen LogP) is 3.47. The maximum Gasteiger partial charge on any atom is 0.330 e. The normalized spacial score (nSPS) is 11.4. The molecule has 0 bridgehead atoms. The van der Waals surface area contributed by atoms with Crippen LogP contribution in [0.3, 0.4) is 0 Å². The average molecular weight is 365 g/mol. The molecule has 0 aliphatic heterocycles. The lowest BCUT2D eigenvalue weighted by atomic mass is 10.2. The van der Waals surface area contributed by atoms with Gasteiger partial charge in [0.1, 0.15) is 17.3 Å². The fourth-order valence-corrected chi connectivity index (χ4v) is 2.35. The fraction of sp³-hybridized carbons (Fsp3) is 0.389. The minimum absolute atomic E-state index is 0.0218. The molecule has 0 fully saturated rings. The van der Waals surface area contributed by atoms with E-state index in [1.165, 1.54) is 6.08 Å². The lowest BCUT2D eigenvalue weighted by molar-refractivity contribution is -0.145. The molecule has 0 amide bonds. The first-order chi connectivity index (χ1) is 11.9. The molecule has 0 radical (unpaired) electrons. The molecule has 6 nitrogen and oxygen atoms in total. The highest BCUT2D eigenvalue weighted by molar-refractivity contribution is 6.29. The van der Waals surface area contributed by atoms with Crippen LogP contribution in [0.15, 0.2) is 24.3 Å². The van der Waals surface area contributed by atoms with Crippen LogP contribution >= 0.6 is 11.6 Å². The first-order valence-electron chi connectivity index (χ1n) is 8.07. The highest BCUT2D eigenvalue weighted by Gasteiger charge is 2.14. The van der Waals surface area contributed by atoms with Crippen molar-refractivity contribution in [3.8, 4) is 0 Å². The van der Waals surface area contributed by atoms with Crippen LogP contribution < -0.4 is 0 Å². The first-order valence-corrected chi connectivity index (χ1v) is 8.44. The fourth-order valence-electron chi connectivity index (χ4n) is 2.21. The highest BCUT2D eigenvalue weighted by atomic mass is 35.5. The number of hydrogen-bond acceptors (Lipinski definition) is 5. The summed E-state index contributed by atoms with van der Waals surface area (Å²) in [5.74, 6) is -0.576. The van der Waals surface area contributed by atoms with Gasteiger partial charge < -0.3 is 14.0 Å². The van der Waals surface area contributed by atoms with Gasteiger partial charge in [-0.15, -0.1) is 0 Å². The SMILES string of the molecule is CCOC(=O)/C=C/c1cc2ccc(Cl)nc2n1CC(=O)OCC(C)C. The van der Waals surface area contributed by atoms with Crippen molar-refractivity contribution < 1.29 is 19.1 Å². The summed E-state index contributed by atoms with van der Waals surface area (Å²) in [5.41, 5.74) is 1.19. The van der Waals surface area contributed by atoms with Gasteiger partial charge in [-0.05, 0) is 37.1 Å². The third kappa shape index (κ3) is 5.32. The Hall–Kier alpha value is -2.34. The second kappa shape index (κ2) is 8.67. The zero-order chi connectivity index (χ0) is 18.4. The Morgan fingerprint density at radius 3 is 2.76 bits per heavy atom. The van der Waals surface area contributed by atoms with Crippen molar-refractivity contribution in [1.82, 2.24) is 9.55 Å². The third-order valence-corrected chi connectivity index (χ3v) is 3.49. The van der Waals surface area contributed by atoms with E-state index in [1.807, 2.05) is 26.0 Å². The number of nitrogens with zero attached hydrogens (tertiary/aromatic N) is 2. The highest BCUT2D eigenvalue weighted by Crippen LogP contribution is 2.22. The number of halogens is 1. The molecule has 0 spiro atoms. The number of carbonyl (C=O) groups excluding carboxylic acids is 2. The van der Waals surface area contributed by atoms with E-state index in [4.69, 9.17) is 21.1 Å². The molecule has 2 rings (SSSR count). The minimum Gasteiger partial charge on any atom is -0.464 e. The van der Waals surface area contributed by atoms with Gasteiger partial charge in [0.05, 0.1) is 13.2 Å². The second-order valence-electron chi connectivity index (χ2n) is 5.86. The van der Waals surface area contributed by atoms with E-state index in [1.54, 1.807) is 23.6 Å². The van der Waals surface area contributed by atoms with E-state index in [2.05, 4.69) is 4.98 Å². The topological polar surface area (TPSA) is 70.4 Å². The molecule has 2 aromatic rings. The number of aromatic nitrogens is 2. The zero-order valence-corrected chi connectivity index (χ0v) is 15.2. The lowest BCUT2D eigenvalue weighted by Gasteiger charge is -2.10. The van der Waals surface area contributed by atoms with E-state index in [-0.39, 0.29) is 18.4 Å². The van der Waals surface area contributed by atoms with Gasteiger partial charge in [-0.25, -0.2) is 9.78 Å². The number of pyridine rings is 1. The Morgan fingerprint density at radius 1 is 1.32 bits per heavy atom. The van der Waals surface area contributed by atoms with Gasteiger partial charge in [-0.2, -0.15) is 0 Å². The summed E-state index contributed by atoms with van der Waals surface area (Å²) in [4.78, 5) is 27.9. The Balaban J connectivity index is 2.33. The number of carbonyl (C=O) groups is 2. The Bertz CT molecular complexity index is 796. The maximum absolute atomic E-state index is 12.1. The molecule has 0 aromatic carbocycles. The molecule has 2 heterocycles. The van der Waals surface area contributed by atoms with E-state index in [9.17, 15) is 9.59 Å². The van der Waals surface area contributed by atoms with Gasteiger partial charge in [-0.1, -0.05) is 25.4 Å². The van der Waals surface area contributed by atoms with Crippen LogP contribution in [0.5, 0.6) is 0 Å². The van der Waals surface area contributed by atoms with Crippen molar-refractivity contribution in [3.05, 3.63) is 35.1 Å². The molecule has 0 unspecified atom stereocenters. The summed E-state index contributed by atoms with van der Waals surface area (Å²) in [5, 5.41) is 1.13. The Morgan fingerprint density at radius 2 is 2.08 bits per heavy atom. The minimum atomic E-state index is -0.451. The average Bonchev–Trinajstić information content (AvgIpc) is 2.88. The Labute approximate surface area is 151 Å². The van der Waals surface area contributed by atoms with Crippen LogP contribution in [0.25, 0.3) is 17.1 Å². The zero-order valence-electron chi connectivity index (χ0n) is 14.5. The van der Waals surface area contributed by atoms with Crippen LogP contribution in [-0.2, 0) is 25.6 Å². The molecule has 0 N–H and O–H groups in total.